The predicted octanol–water partition coefficient (Wildman–Crippen LogP) is 2.51. The van der Waals surface area contributed by atoms with E-state index in [1.54, 1.807) is 7.11 Å². The number of hydrogen-bond acceptors (Lipinski definition) is 3. The molecule has 2 N–H and O–H groups in total. The number of rotatable bonds is 2. The van der Waals surface area contributed by atoms with Crippen LogP contribution in [0.4, 0.5) is 11.4 Å². The van der Waals surface area contributed by atoms with Crippen LogP contribution >= 0.6 is 0 Å². The Morgan fingerprint density at radius 3 is 2.69 bits per heavy atom. The van der Waals surface area contributed by atoms with E-state index in [2.05, 4.69) is 24.8 Å². The molecule has 0 amide bonds. The van der Waals surface area contributed by atoms with E-state index in [0.29, 0.717) is 11.1 Å². The number of benzene rings is 1. The number of nitrogens with two attached hydrogens (primary N) is 1. The maximum Gasteiger partial charge on any atom is 0.143 e. The largest absolute Gasteiger partial charge is 0.495 e. The van der Waals surface area contributed by atoms with Crippen molar-refractivity contribution in [1.82, 2.24) is 0 Å². The van der Waals surface area contributed by atoms with Gasteiger partial charge in [-0.3, -0.25) is 0 Å². The van der Waals surface area contributed by atoms with E-state index in [4.69, 9.17) is 10.5 Å². The molecule has 0 atom stereocenters. The molecule has 0 unspecified atom stereocenters. The third-order valence-electron chi connectivity index (χ3n) is 3.26. The van der Waals surface area contributed by atoms with Gasteiger partial charge in [-0.1, -0.05) is 13.8 Å². The molecule has 1 heterocycles. The van der Waals surface area contributed by atoms with Crippen LogP contribution in [0.3, 0.4) is 0 Å². The van der Waals surface area contributed by atoms with Crippen molar-refractivity contribution >= 4 is 11.4 Å². The highest BCUT2D eigenvalue weighted by atomic mass is 16.5. The Balaban J connectivity index is 2.22. The van der Waals surface area contributed by atoms with Crippen LogP contribution in [-0.2, 0) is 0 Å². The van der Waals surface area contributed by atoms with Crippen molar-refractivity contribution in [1.29, 1.82) is 0 Å². The van der Waals surface area contributed by atoms with Gasteiger partial charge in [-0.2, -0.15) is 0 Å². The highest BCUT2D eigenvalue weighted by Gasteiger charge is 2.29. The van der Waals surface area contributed by atoms with Gasteiger partial charge in [-0.15, -0.1) is 0 Å². The van der Waals surface area contributed by atoms with Crippen molar-refractivity contribution < 1.29 is 4.74 Å². The van der Waals surface area contributed by atoms with Gasteiger partial charge in [0, 0.05) is 24.8 Å². The average molecular weight is 220 g/mol. The predicted molar refractivity (Wildman–Crippen MR) is 68.0 cm³/mol. The lowest BCUT2D eigenvalue weighted by molar-refractivity contribution is 0.415. The lowest BCUT2D eigenvalue weighted by Crippen LogP contribution is -2.22. The highest BCUT2D eigenvalue weighted by molar-refractivity contribution is 5.62. The fourth-order valence-electron chi connectivity index (χ4n) is 2.23. The number of nitrogen functional groups attached to an aromatic ring is 1. The van der Waals surface area contributed by atoms with Crippen LogP contribution in [0.2, 0.25) is 0 Å². The van der Waals surface area contributed by atoms with Gasteiger partial charge in [0.05, 0.1) is 12.8 Å². The molecule has 2 rings (SSSR count). The van der Waals surface area contributed by atoms with Crippen LogP contribution in [0.15, 0.2) is 18.2 Å². The first-order chi connectivity index (χ1) is 7.52. The van der Waals surface area contributed by atoms with Crippen LogP contribution in [-0.4, -0.2) is 20.2 Å². The van der Waals surface area contributed by atoms with Crippen LogP contribution in [0, 0.1) is 5.41 Å². The van der Waals surface area contributed by atoms with E-state index < -0.39 is 0 Å². The summed E-state index contributed by atoms with van der Waals surface area (Å²) in [5.74, 6) is 0.766. The zero-order chi connectivity index (χ0) is 11.8. The van der Waals surface area contributed by atoms with Crippen molar-refractivity contribution in [3.8, 4) is 5.75 Å². The monoisotopic (exact) mass is 220 g/mol. The van der Waals surface area contributed by atoms with Gasteiger partial charge in [0.2, 0.25) is 0 Å². The Labute approximate surface area is 97.2 Å². The summed E-state index contributed by atoms with van der Waals surface area (Å²) in [7, 11) is 1.66. The molecule has 0 saturated carbocycles. The molecule has 1 aliphatic heterocycles. The zero-order valence-corrected chi connectivity index (χ0v) is 10.3. The lowest BCUT2D eigenvalue weighted by Gasteiger charge is -2.22. The quantitative estimate of drug-likeness (QED) is 0.778. The molecule has 0 aromatic heterocycles. The number of anilines is 2. The molecular formula is C13H20N2O. The van der Waals surface area contributed by atoms with Crippen molar-refractivity contribution in [3.05, 3.63) is 18.2 Å². The Morgan fingerprint density at radius 2 is 2.12 bits per heavy atom. The molecule has 1 aromatic carbocycles. The summed E-state index contributed by atoms with van der Waals surface area (Å²) in [6.45, 7) is 6.82. The van der Waals surface area contributed by atoms with Crippen molar-refractivity contribution in [3.63, 3.8) is 0 Å². The molecule has 0 aliphatic carbocycles. The third-order valence-corrected chi connectivity index (χ3v) is 3.26. The minimum Gasteiger partial charge on any atom is -0.495 e. The number of methoxy groups -OCH3 is 1. The summed E-state index contributed by atoms with van der Waals surface area (Å²) in [6, 6.07) is 6.01. The van der Waals surface area contributed by atoms with Gasteiger partial charge in [0.1, 0.15) is 5.75 Å². The van der Waals surface area contributed by atoms with Crippen LogP contribution in [0.5, 0.6) is 5.75 Å². The maximum absolute atomic E-state index is 5.81. The lowest BCUT2D eigenvalue weighted by atomic mass is 9.93. The Kier molecular flexibility index (Phi) is 2.70. The van der Waals surface area contributed by atoms with Gasteiger partial charge < -0.3 is 15.4 Å². The molecule has 1 saturated heterocycles. The molecule has 0 bridgehead atoms. The van der Waals surface area contributed by atoms with E-state index in [1.165, 1.54) is 12.1 Å². The SMILES string of the molecule is COc1cc(N2CCC(C)(C)C2)ccc1N. The maximum atomic E-state index is 5.81. The smallest absolute Gasteiger partial charge is 0.143 e. The molecule has 1 fully saturated rings. The minimum absolute atomic E-state index is 0.411. The molecule has 1 aromatic rings. The number of ether oxygens (including phenoxy) is 1. The van der Waals surface area contributed by atoms with Gasteiger partial charge >= 0.3 is 0 Å². The van der Waals surface area contributed by atoms with Gasteiger partial charge in [-0.25, -0.2) is 0 Å². The van der Waals surface area contributed by atoms with Crippen LogP contribution < -0.4 is 15.4 Å². The molecule has 3 nitrogen and oxygen atoms in total. The normalized spacial score (nSPS) is 18.8. The van der Waals surface area contributed by atoms with Crippen molar-refractivity contribution in [2.24, 2.45) is 5.41 Å². The summed E-state index contributed by atoms with van der Waals surface area (Å²) < 4.78 is 5.25. The summed E-state index contributed by atoms with van der Waals surface area (Å²) in [4.78, 5) is 2.39. The zero-order valence-electron chi connectivity index (χ0n) is 10.3. The second-order valence-corrected chi connectivity index (χ2v) is 5.26. The fourth-order valence-corrected chi connectivity index (χ4v) is 2.23. The summed E-state index contributed by atoms with van der Waals surface area (Å²) in [5, 5.41) is 0. The van der Waals surface area contributed by atoms with Gasteiger partial charge in [0.15, 0.2) is 0 Å². The Bertz CT molecular complexity index is 388. The van der Waals surface area contributed by atoms with Crippen molar-refractivity contribution in [2.45, 2.75) is 20.3 Å². The molecular weight excluding hydrogens is 200 g/mol. The topological polar surface area (TPSA) is 38.5 Å². The van der Waals surface area contributed by atoms with E-state index in [0.717, 1.165) is 18.8 Å². The first-order valence-corrected chi connectivity index (χ1v) is 5.70. The van der Waals surface area contributed by atoms with Crippen molar-refractivity contribution in [2.75, 3.05) is 30.8 Å². The second kappa shape index (κ2) is 3.89. The molecule has 1 aliphatic rings. The number of hydrogen-bond donors (Lipinski definition) is 1. The summed E-state index contributed by atoms with van der Waals surface area (Å²) in [6.07, 6.45) is 1.24. The minimum atomic E-state index is 0.411. The molecule has 0 radical (unpaired) electrons. The first-order valence-electron chi connectivity index (χ1n) is 5.70. The number of nitrogens with zero attached hydrogens (tertiary/aromatic N) is 1. The van der Waals surface area contributed by atoms with E-state index >= 15 is 0 Å². The van der Waals surface area contributed by atoms with E-state index in [-0.39, 0.29) is 0 Å². The van der Waals surface area contributed by atoms with Crippen LogP contribution in [0.25, 0.3) is 0 Å². The Morgan fingerprint density at radius 1 is 1.38 bits per heavy atom. The molecule has 0 spiro atoms. The highest BCUT2D eigenvalue weighted by Crippen LogP contribution is 2.35. The third kappa shape index (κ3) is 2.08. The van der Waals surface area contributed by atoms with Gasteiger partial charge in [-0.05, 0) is 24.0 Å². The Hall–Kier alpha value is -1.38. The molecule has 16 heavy (non-hydrogen) atoms. The molecule has 3 heteroatoms. The van der Waals surface area contributed by atoms with E-state index in [9.17, 15) is 0 Å². The van der Waals surface area contributed by atoms with Crippen LogP contribution in [0.1, 0.15) is 20.3 Å². The first kappa shape index (κ1) is 11.1. The average Bonchev–Trinajstić information content (AvgIpc) is 2.59. The second-order valence-electron chi connectivity index (χ2n) is 5.26. The standard InChI is InChI=1S/C13H20N2O/c1-13(2)6-7-15(9-13)10-4-5-11(14)12(8-10)16-3/h4-5,8H,6-7,9,14H2,1-3H3. The summed E-state index contributed by atoms with van der Waals surface area (Å²) in [5.41, 5.74) is 8.12. The van der Waals surface area contributed by atoms with Gasteiger partial charge in [0.25, 0.3) is 0 Å². The molecule has 88 valence electrons. The summed E-state index contributed by atoms with van der Waals surface area (Å²) >= 11 is 0. The van der Waals surface area contributed by atoms with E-state index in [1.807, 2.05) is 12.1 Å². The fraction of sp³-hybridized carbons (Fsp3) is 0.538.